The van der Waals surface area contributed by atoms with Crippen molar-refractivity contribution in [3.63, 3.8) is 0 Å². The molecule has 0 aliphatic heterocycles. The highest BCUT2D eigenvalue weighted by Crippen LogP contribution is 2.21. The summed E-state index contributed by atoms with van der Waals surface area (Å²) >= 11 is 0. The van der Waals surface area contributed by atoms with E-state index in [9.17, 15) is 26.9 Å². The number of benzene rings is 2. The van der Waals surface area contributed by atoms with Crippen LogP contribution in [0.25, 0.3) is 21.8 Å². The second-order valence-electron chi connectivity index (χ2n) is 6.97. The Morgan fingerprint density at radius 2 is 1.25 bits per heavy atom. The fourth-order valence-corrected chi connectivity index (χ4v) is 4.05. The number of nitro groups is 1. The first kappa shape index (κ1) is 23.0. The summed E-state index contributed by atoms with van der Waals surface area (Å²) in [5.74, 6) is 0. The van der Waals surface area contributed by atoms with Crippen LogP contribution in [-0.4, -0.2) is 44.2 Å². The van der Waals surface area contributed by atoms with Crippen molar-refractivity contribution in [3.8, 4) is 0 Å². The number of sulfone groups is 2. The van der Waals surface area contributed by atoms with Gasteiger partial charge in [0.25, 0.3) is 5.69 Å². The first-order valence-electron chi connectivity index (χ1n) is 8.94. The van der Waals surface area contributed by atoms with Gasteiger partial charge in [0, 0.05) is 29.4 Å². The van der Waals surface area contributed by atoms with E-state index in [4.69, 9.17) is 5.73 Å². The number of nitrogens with two attached hydrogens (primary N) is 1. The van der Waals surface area contributed by atoms with Crippen LogP contribution in [-0.2, 0) is 19.7 Å². The van der Waals surface area contributed by atoms with Crippen LogP contribution in [0.4, 0.5) is 11.4 Å². The summed E-state index contributed by atoms with van der Waals surface area (Å²) in [5.41, 5.74) is 7.06. The molecule has 166 valence electrons. The summed E-state index contributed by atoms with van der Waals surface area (Å²) in [6.07, 6.45) is 4.88. The Morgan fingerprint density at radius 3 is 1.72 bits per heavy atom. The minimum Gasteiger partial charge on any atom is -0.397 e. The molecule has 0 saturated carbocycles. The molecule has 0 spiro atoms. The largest absolute Gasteiger partial charge is 0.397 e. The van der Waals surface area contributed by atoms with Gasteiger partial charge >= 0.3 is 0 Å². The second-order valence-corrected chi connectivity index (χ2v) is 11.0. The Hall–Kier alpha value is -3.64. The number of rotatable bonds is 3. The lowest BCUT2D eigenvalue weighted by Crippen LogP contribution is -1.97. The smallest absolute Gasteiger partial charge is 0.288 e. The Morgan fingerprint density at radius 1 is 0.781 bits per heavy atom. The average Bonchev–Trinajstić information content (AvgIpc) is 2.71. The van der Waals surface area contributed by atoms with E-state index in [0.29, 0.717) is 22.1 Å². The fourth-order valence-electron chi connectivity index (χ4n) is 2.77. The fraction of sp³-hybridized carbons (Fsp3) is 0.100. The zero-order valence-electron chi connectivity index (χ0n) is 17.0. The molecule has 0 radical (unpaired) electrons. The summed E-state index contributed by atoms with van der Waals surface area (Å²) in [6, 6.07) is 12.2. The van der Waals surface area contributed by atoms with Gasteiger partial charge < -0.3 is 5.73 Å². The lowest BCUT2D eigenvalue weighted by Gasteiger charge is -2.01. The van der Waals surface area contributed by atoms with Crippen molar-refractivity contribution in [1.29, 1.82) is 0 Å². The topological polar surface area (TPSA) is 163 Å². The predicted octanol–water partition coefficient (Wildman–Crippen LogP) is 2.77. The van der Waals surface area contributed by atoms with Gasteiger partial charge in [-0.2, -0.15) is 0 Å². The number of aromatic nitrogens is 2. The van der Waals surface area contributed by atoms with E-state index in [2.05, 4.69) is 9.97 Å². The maximum atomic E-state index is 11.3. The maximum absolute atomic E-state index is 11.3. The molecule has 0 aliphatic carbocycles. The van der Waals surface area contributed by atoms with Crippen LogP contribution in [0.1, 0.15) is 0 Å². The zero-order chi connectivity index (χ0) is 23.7. The third kappa shape index (κ3) is 5.34. The number of nitrogens with zero attached hydrogens (tertiary/aromatic N) is 3. The lowest BCUT2D eigenvalue weighted by atomic mass is 10.2. The van der Waals surface area contributed by atoms with Gasteiger partial charge in [0.15, 0.2) is 19.7 Å². The molecule has 0 fully saturated rings. The van der Waals surface area contributed by atoms with Crippen molar-refractivity contribution >= 4 is 52.9 Å². The number of nitrogen functional groups attached to an aromatic ring is 1. The van der Waals surface area contributed by atoms with Gasteiger partial charge in [-0.25, -0.2) is 21.8 Å². The number of pyridine rings is 2. The number of hydrogen-bond donors (Lipinski definition) is 1. The van der Waals surface area contributed by atoms with Gasteiger partial charge in [-0.05, 0) is 30.3 Å². The van der Waals surface area contributed by atoms with E-state index in [1.807, 2.05) is 0 Å². The first-order valence-corrected chi connectivity index (χ1v) is 12.7. The summed E-state index contributed by atoms with van der Waals surface area (Å²) in [5, 5.41) is 11.9. The summed E-state index contributed by atoms with van der Waals surface area (Å²) < 4.78 is 45.2. The first-order chi connectivity index (χ1) is 14.8. The van der Waals surface area contributed by atoms with Crippen molar-refractivity contribution in [3.05, 3.63) is 71.0 Å². The van der Waals surface area contributed by atoms with Crippen LogP contribution in [0, 0.1) is 10.1 Å². The molecular formula is C20H18N4O6S2. The number of hydrogen-bond acceptors (Lipinski definition) is 9. The van der Waals surface area contributed by atoms with Crippen molar-refractivity contribution in [2.75, 3.05) is 18.2 Å². The molecule has 0 bridgehead atoms. The molecule has 2 aromatic carbocycles. The van der Waals surface area contributed by atoms with E-state index in [-0.39, 0.29) is 15.5 Å². The molecule has 2 aromatic heterocycles. The predicted molar refractivity (Wildman–Crippen MR) is 121 cm³/mol. The monoisotopic (exact) mass is 474 g/mol. The molecule has 10 nitrogen and oxygen atoms in total. The molecule has 0 amide bonds. The molecule has 4 aromatic rings. The number of fused-ring (bicyclic) bond motifs is 2. The Kier molecular flexibility index (Phi) is 6.10. The minimum absolute atomic E-state index is 0.121. The summed E-state index contributed by atoms with van der Waals surface area (Å²) in [4.78, 5) is 18.3. The van der Waals surface area contributed by atoms with Gasteiger partial charge in [-0.3, -0.25) is 15.1 Å². The Bertz CT molecular complexity index is 1570. The minimum atomic E-state index is -3.29. The highest BCUT2D eigenvalue weighted by molar-refractivity contribution is 7.91. The molecular weight excluding hydrogens is 456 g/mol. The van der Waals surface area contributed by atoms with Crippen LogP contribution in [0.15, 0.2) is 70.7 Å². The van der Waals surface area contributed by atoms with Crippen molar-refractivity contribution in [2.24, 2.45) is 0 Å². The van der Waals surface area contributed by atoms with Gasteiger partial charge in [0.2, 0.25) is 0 Å². The highest BCUT2D eigenvalue weighted by Gasteiger charge is 2.11. The second kappa shape index (κ2) is 8.48. The van der Waals surface area contributed by atoms with Crippen LogP contribution in [0.2, 0.25) is 0 Å². The van der Waals surface area contributed by atoms with Crippen molar-refractivity contribution < 1.29 is 21.8 Å². The Labute approximate surface area is 183 Å². The SMILES string of the molecule is CS(=O)(=O)c1ccc2cc(N)cnc2c1.CS(=O)(=O)c1ccc2cc([N+](=O)[O-])cnc2c1. The molecule has 32 heavy (non-hydrogen) atoms. The van der Waals surface area contributed by atoms with Crippen LogP contribution >= 0.6 is 0 Å². The third-order valence-electron chi connectivity index (χ3n) is 4.39. The molecule has 2 N–H and O–H groups in total. The molecule has 0 saturated heterocycles. The molecule has 2 heterocycles. The van der Waals surface area contributed by atoms with Gasteiger partial charge in [-0.1, -0.05) is 12.1 Å². The van der Waals surface area contributed by atoms with Crippen LogP contribution < -0.4 is 5.73 Å². The molecule has 12 heteroatoms. The van der Waals surface area contributed by atoms with Gasteiger partial charge in [0.1, 0.15) is 6.20 Å². The van der Waals surface area contributed by atoms with E-state index in [0.717, 1.165) is 17.8 Å². The third-order valence-corrected chi connectivity index (χ3v) is 6.61. The Balaban J connectivity index is 0.000000182. The zero-order valence-corrected chi connectivity index (χ0v) is 18.6. The molecule has 0 aliphatic rings. The van der Waals surface area contributed by atoms with Crippen molar-refractivity contribution in [2.45, 2.75) is 9.79 Å². The average molecular weight is 475 g/mol. The molecule has 0 unspecified atom stereocenters. The molecule has 0 atom stereocenters. The molecule has 4 rings (SSSR count). The normalized spacial score (nSPS) is 11.7. The van der Waals surface area contributed by atoms with E-state index in [1.54, 1.807) is 24.3 Å². The summed E-state index contributed by atoms with van der Waals surface area (Å²) in [6.45, 7) is 0. The summed E-state index contributed by atoms with van der Waals surface area (Å²) in [7, 11) is -6.47. The highest BCUT2D eigenvalue weighted by atomic mass is 32.2. The maximum Gasteiger partial charge on any atom is 0.288 e. The van der Waals surface area contributed by atoms with Crippen molar-refractivity contribution in [1.82, 2.24) is 9.97 Å². The van der Waals surface area contributed by atoms with Gasteiger partial charge in [-0.15, -0.1) is 0 Å². The van der Waals surface area contributed by atoms with Gasteiger partial charge in [0.05, 0.1) is 37.6 Å². The van der Waals surface area contributed by atoms with E-state index >= 15 is 0 Å². The van der Waals surface area contributed by atoms with E-state index in [1.165, 1.54) is 36.7 Å². The number of anilines is 1. The van der Waals surface area contributed by atoms with Crippen LogP contribution in [0.5, 0.6) is 0 Å². The standard InChI is InChI=1S/C10H8N2O4S.C10H10N2O2S/c1-17(15,16)9-3-2-7-4-8(12(13)14)6-11-10(7)5-9;1-15(13,14)9-3-2-7-4-8(11)6-12-10(7)5-9/h2-6H,1H3;2-6H,11H2,1H3. The quantitative estimate of drug-likeness (QED) is 0.347. The van der Waals surface area contributed by atoms with Crippen LogP contribution in [0.3, 0.4) is 0 Å². The lowest BCUT2D eigenvalue weighted by molar-refractivity contribution is -0.385. The van der Waals surface area contributed by atoms with E-state index < -0.39 is 24.6 Å².